The molecule has 0 bridgehead atoms. The molecule has 1 unspecified atom stereocenters. The zero-order valence-electron chi connectivity index (χ0n) is 18.4. The van der Waals surface area contributed by atoms with Crippen molar-refractivity contribution in [3.63, 3.8) is 0 Å². The van der Waals surface area contributed by atoms with Crippen molar-refractivity contribution in [1.29, 1.82) is 0 Å². The van der Waals surface area contributed by atoms with E-state index in [0.717, 1.165) is 24.8 Å². The third-order valence-electron chi connectivity index (χ3n) is 4.15. The van der Waals surface area contributed by atoms with Crippen LogP contribution in [0.2, 0.25) is 0 Å². The van der Waals surface area contributed by atoms with Crippen molar-refractivity contribution >= 4 is 47.3 Å². The number of esters is 1. The number of allylic oxidation sites excluding steroid dienone is 6. The Bertz CT molecular complexity index is 844. The monoisotopic (exact) mass is 465 g/mol. The molecule has 2 N–H and O–H groups in total. The van der Waals surface area contributed by atoms with Crippen molar-refractivity contribution in [3.8, 4) is 0 Å². The summed E-state index contributed by atoms with van der Waals surface area (Å²) in [7, 11) is 1.23. The van der Waals surface area contributed by atoms with E-state index < -0.39 is 23.8 Å². The lowest BCUT2D eigenvalue weighted by Gasteiger charge is -2.15. The van der Waals surface area contributed by atoms with Gasteiger partial charge in [0.2, 0.25) is 5.91 Å². The minimum atomic E-state index is -0.903. The predicted octanol–water partition coefficient (Wildman–Crippen LogP) is 3.56. The fourth-order valence-corrected chi connectivity index (χ4v) is 3.51. The summed E-state index contributed by atoms with van der Waals surface area (Å²) < 4.78 is 4.48. The highest BCUT2D eigenvalue weighted by Gasteiger charge is 2.22. The molecule has 0 radical (unpaired) electrons. The van der Waals surface area contributed by atoms with Gasteiger partial charge in [0.25, 0.3) is 5.91 Å². The zero-order valence-corrected chi connectivity index (χ0v) is 20.1. The van der Waals surface area contributed by atoms with Crippen LogP contribution < -0.4 is 10.6 Å². The highest BCUT2D eigenvalue weighted by Crippen LogP contribution is 2.22. The molecule has 1 atom stereocenters. The highest BCUT2D eigenvalue weighted by atomic mass is 32.1. The molecule has 0 saturated heterocycles. The van der Waals surface area contributed by atoms with E-state index in [9.17, 15) is 14.4 Å². The van der Waals surface area contributed by atoms with Crippen LogP contribution in [0.15, 0.2) is 35.3 Å². The van der Waals surface area contributed by atoms with Crippen LogP contribution in [-0.2, 0) is 14.3 Å². The smallest absolute Gasteiger partial charge is 0.325 e. The van der Waals surface area contributed by atoms with Crippen molar-refractivity contribution in [1.82, 2.24) is 15.6 Å². The number of nitrogens with one attached hydrogen (secondary N) is 2. The third-order valence-corrected chi connectivity index (χ3v) is 5.40. The average molecular weight is 466 g/mol. The van der Waals surface area contributed by atoms with E-state index in [4.69, 9.17) is 0 Å². The summed E-state index contributed by atoms with van der Waals surface area (Å²) in [6.07, 6.45) is 11.1. The summed E-state index contributed by atoms with van der Waals surface area (Å²) in [5, 5.41) is 7.38. The minimum absolute atomic E-state index is 0.0711. The molecule has 1 aromatic heterocycles. The molecule has 0 aromatic carbocycles. The Morgan fingerprint density at radius 1 is 1.29 bits per heavy atom. The summed E-state index contributed by atoms with van der Waals surface area (Å²) in [6, 6.07) is -0.903. The Morgan fingerprint density at radius 2 is 2.03 bits per heavy atom. The van der Waals surface area contributed by atoms with E-state index in [1.807, 2.05) is 18.2 Å². The van der Waals surface area contributed by atoms with Gasteiger partial charge in [-0.05, 0) is 19.8 Å². The van der Waals surface area contributed by atoms with Crippen LogP contribution in [0.25, 0.3) is 5.57 Å². The fourth-order valence-electron chi connectivity index (χ4n) is 2.44. The highest BCUT2D eigenvalue weighted by molar-refractivity contribution is 7.80. The lowest BCUT2D eigenvalue weighted by Crippen LogP contribution is -2.49. The summed E-state index contributed by atoms with van der Waals surface area (Å²) >= 11 is 5.48. The lowest BCUT2D eigenvalue weighted by molar-refractivity contribution is -0.141. The van der Waals surface area contributed by atoms with E-state index in [1.54, 1.807) is 5.38 Å². The number of carbonyl (C=O) groups is 3. The van der Waals surface area contributed by atoms with Crippen LogP contribution in [-0.4, -0.2) is 48.2 Å². The largest absolute Gasteiger partial charge is 0.468 e. The molecule has 1 aromatic rings. The molecule has 31 heavy (non-hydrogen) atoms. The third kappa shape index (κ3) is 9.52. The van der Waals surface area contributed by atoms with Crippen LogP contribution in [0.1, 0.15) is 55.5 Å². The van der Waals surface area contributed by atoms with Crippen molar-refractivity contribution in [2.75, 3.05) is 19.4 Å². The summed E-state index contributed by atoms with van der Waals surface area (Å²) in [5.41, 5.74) is 2.41. The second-order valence-corrected chi connectivity index (χ2v) is 7.96. The number of aromatic nitrogens is 1. The van der Waals surface area contributed by atoms with Gasteiger partial charge in [-0.15, -0.1) is 11.3 Å². The normalized spacial score (nSPS) is 13.2. The molecule has 9 heteroatoms. The molecule has 1 heterocycles. The first-order chi connectivity index (χ1) is 14.9. The number of thiazole rings is 1. The van der Waals surface area contributed by atoms with E-state index in [-0.39, 0.29) is 18.0 Å². The molecule has 7 nitrogen and oxygen atoms in total. The van der Waals surface area contributed by atoms with Gasteiger partial charge in [-0.25, -0.2) is 4.98 Å². The standard InChI is InChI=1S/C22H31N3O4S2/c1-5-7-9-16(11-10-15(3)8-6-2)22-25-18(14-31-22)21(28)24-17(13-30)20(27)23-12-19(26)29-4/h7,9-11,14,17,30H,5-6,8,12-13H2,1-4H3,(H,23,27)(H,24,28)/b9-7-,15-10+,16-11+. The van der Waals surface area contributed by atoms with Gasteiger partial charge in [-0.3, -0.25) is 14.4 Å². The Balaban J connectivity index is 2.93. The molecular weight excluding hydrogens is 434 g/mol. The summed E-state index contributed by atoms with van der Waals surface area (Å²) in [6.45, 7) is 6.00. The first-order valence-electron chi connectivity index (χ1n) is 10.1. The number of thiol groups is 1. The average Bonchev–Trinajstić information content (AvgIpc) is 3.25. The van der Waals surface area contributed by atoms with Crippen LogP contribution >= 0.6 is 24.0 Å². The van der Waals surface area contributed by atoms with Gasteiger partial charge < -0.3 is 15.4 Å². The number of amides is 2. The van der Waals surface area contributed by atoms with Crippen LogP contribution in [0.5, 0.6) is 0 Å². The van der Waals surface area contributed by atoms with Gasteiger partial charge in [-0.1, -0.05) is 50.1 Å². The Kier molecular flexibility index (Phi) is 12.5. The number of methoxy groups -OCH3 is 1. The molecule has 2 amide bonds. The maximum atomic E-state index is 12.6. The van der Waals surface area contributed by atoms with Crippen molar-refractivity contribution in [2.24, 2.45) is 0 Å². The second kappa shape index (κ2) is 14.6. The molecule has 0 aliphatic heterocycles. The van der Waals surface area contributed by atoms with Crippen molar-refractivity contribution in [2.45, 2.75) is 46.1 Å². The van der Waals surface area contributed by atoms with Gasteiger partial charge in [-0.2, -0.15) is 12.6 Å². The van der Waals surface area contributed by atoms with E-state index in [0.29, 0.717) is 5.01 Å². The van der Waals surface area contributed by atoms with Crippen LogP contribution in [0.4, 0.5) is 0 Å². The first kappa shape index (κ1) is 26.6. The molecule has 0 spiro atoms. The molecule has 1 rings (SSSR count). The zero-order chi connectivity index (χ0) is 23.2. The van der Waals surface area contributed by atoms with Crippen LogP contribution in [0.3, 0.4) is 0 Å². The molecule has 0 aliphatic rings. The van der Waals surface area contributed by atoms with Gasteiger partial charge in [0.15, 0.2) is 0 Å². The van der Waals surface area contributed by atoms with Gasteiger partial charge in [0.05, 0.1) is 7.11 Å². The number of hydrogen-bond acceptors (Lipinski definition) is 7. The predicted molar refractivity (Wildman–Crippen MR) is 128 cm³/mol. The maximum absolute atomic E-state index is 12.6. The number of carbonyl (C=O) groups excluding carboxylic acids is 3. The number of ether oxygens (including phenoxy) is 1. The van der Waals surface area contributed by atoms with Crippen LogP contribution in [0, 0.1) is 0 Å². The van der Waals surface area contributed by atoms with Crippen molar-refractivity contribution in [3.05, 3.63) is 46.0 Å². The minimum Gasteiger partial charge on any atom is -0.468 e. The molecule has 0 fully saturated rings. The Morgan fingerprint density at radius 3 is 2.65 bits per heavy atom. The van der Waals surface area contributed by atoms with E-state index >= 15 is 0 Å². The first-order valence-corrected chi connectivity index (χ1v) is 11.6. The SMILES string of the molecule is CC\C=C/C(=C\C=C(/C)CCC)c1nc(C(=O)NC(CS)C(=O)NCC(=O)OC)cs1. The second-order valence-electron chi connectivity index (χ2n) is 6.74. The molecule has 0 aliphatic carbocycles. The lowest BCUT2D eigenvalue weighted by atomic mass is 10.1. The molecule has 170 valence electrons. The van der Waals surface area contributed by atoms with E-state index in [2.05, 4.69) is 59.8 Å². The van der Waals surface area contributed by atoms with E-state index in [1.165, 1.54) is 24.0 Å². The topological polar surface area (TPSA) is 97.4 Å². The fraction of sp³-hybridized carbons (Fsp3) is 0.455. The summed E-state index contributed by atoms with van der Waals surface area (Å²) in [4.78, 5) is 40.4. The van der Waals surface area contributed by atoms with Gasteiger partial charge >= 0.3 is 5.97 Å². The number of nitrogens with zero attached hydrogens (tertiary/aromatic N) is 1. The maximum Gasteiger partial charge on any atom is 0.325 e. The summed E-state index contributed by atoms with van der Waals surface area (Å²) in [5.74, 6) is -1.51. The number of hydrogen-bond donors (Lipinski definition) is 3. The van der Waals surface area contributed by atoms with Gasteiger partial charge in [0, 0.05) is 16.7 Å². The molecule has 0 saturated carbocycles. The molecular formula is C22H31N3O4S2. The quantitative estimate of drug-likeness (QED) is 0.249. The number of rotatable bonds is 12. The van der Waals surface area contributed by atoms with Gasteiger partial charge in [0.1, 0.15) is 23.3 Å². The Labute approximate surface area is 193 Å². The van der Waals surface area contributed by atoms with Crippen molar-refractivity contribution < 1.29 is 19.1 Å². The Hall–Kier alpha value is -2.39.